The van der Waals surface area contributed by atoms with Gasteiger partial charge in [-0.2, -0.15) is 0 Å². The number of hydrazine groups is 1. The lowest BCUT2D eigenvalue weighted by Gasteiger charge is -2.12. The SMILES string of the molecule is CN(C)NC(=O)c1ccc2c(c1)NC(=O)C2. The molecule has 16 heavy (non-hydrogen) atoms. The maximum Gasteiger partial charge on any atom is 0.265 e. The minimum atomic E-state index is -0.186. The third kappa shape index (κ3) is 2.04. The molecular formula is C11H13N3O2. The van der Waals surface area contributed by atoms with E-state index in [9.17, 15) is 9.59 Å². The van der Waals surface area contributed by atoms with E-state index in [1.807, 2.05) is 0 Å². The molecule has 0 atom stereocenters. The number of nitrogens with one attached hydrogen (secondary N) is 2. The highest BCUT2D eigenvalue weighted by atomic mass is 16.2. The molecule has 84 valence electrons. The largest absolute Gasteiger partial charge is 0.326 e. The number of carbonyl (C=O) groups excluding carboxylic acids is 2. The molecule has 2 N–H and O–H groups in total. The molecule has 0 fully saturated rings. The molecule has 0 unspecified atom stereocenters. The Bertz CT molecular complexity index is 455. The van der Waals surface area contributed by atoms with Gasteiger partial charge in [-0.05, 0) is 17.7 Å². The predicted molar refractivity (Wildman–Crippen MR) is 59.9 cm³/mol. The van der Waals surface area contributed by atoms with Gasteiger partial charge in [0.1, 0.15) is 0 Å². The van der Waals surface area contributed by atoms with Gasteiger partial charge in [0.15, 0.2) is 0 Å². The quantitative estimate of drug-likeness (QED) is 0.707. The topological polar surface area (TPSA) is 61.4 Å². The van der Waals surface area contributed by atoms with Crippen molar-refractivity contribution in [2.24, 2.45) is 0 Å². The highest BCUT2D eigenvalue weighted by Crippen LogP contribution is 2.23. The van der Waals surface area contributed by atoms with Gasteiger partial charge in [-0.3, -0.25) is 15.0 Å². The average molecular weight is 219 g/mol. The van der Waals surface area contributed by atoms with Gasteiger partial charge in [0.05, 0.1) is 6.42 Å². The molecule has 0 spiro atoms. The smallest absolute Gasteiger partial charge is 0.265 e. The molecule has 2 rings (SSSR count). The van der Waals surface area contributed by atoms with E-state index in [1.54, 1.807) is 37.3 Å². The molecule has 1 aliphatic rings. The van der Waals surface area contributed by atoms with Crippen LogP contribution in [0.4, 0.5) is 5.69 Å². The lowest BCUT2D eigenvalue weighted by atomic mass is 10.1. The summed E-state index contributed by atoms with van der Waals surface area (Å²) in [6, 6.07) is 5.22. The van der Waals surface area contributed by atoms with E-state index in [2.05, 4.69) is 10.7 Å². The number of amides is 2. The Balaban J connectivity index is 2.22. The summed E-state index contributed by atoms with van der Waals surface area (Å²) < 4.78 is 0. The van der Waals surface area contributed by atoms with E-state index >= 15 is 0 Å². The highest BCUT2D eigenvalue weighted by Gasteiger charge is 2.18. The average Bonchev–Trinajstić information content (AvgIpc) is 2.55. The van der Waals surface area contributed by atoms with Crippen LogP contribution in [0.5, 0.6) is 0 Å². The number of hydrogen-bond donors (Lipinski definition) is 2. The third-order valence-electron chi connectivity index (χ3n) is 2.32. The Morgan fingerprint density at radius 3 is 2.88 bits per heavy atom. The molecule has 0 saturated heterocycles. The Labute approximate surface area is 93.4 Å². The minimum Gasteiger partial charge on any atom is -0.326 e. The van der Waals surface area contributed by atoms with Crippen molar-refractivity contribution in [3.8, 4) is 0 Å². The Morgan fingerprint density at radius 2 is 2.19 bits per heavy atom. The number of rotatable bonds is 2. The van der Waals surface area contributed by atoms with Crippen molar-refractivity contribution in [3.05, 3.63) is 29.3 Å². The van der Waals surface area contributed by atoms with Gasteiger partial charge in [0.25, 0.3) is 5.91 Å². The normalized spacial score (nSPS) is 13.6. The molecule has 0 radical (unpaired) electrons. The Kier molecular flexibility index (Phi) is 2.62. The number of benzene rings is 1. The number of anilines is 1. The predicted octanol–water partition coefficient (Wildman–Crippen LogP) is 0.388. The zero-order chi connectivity index (χ0) is 11.7. The third-order valence-corrected chi connectivity index (χ3v) is 2.32. The first-order valence-corrected chi connectivity index (χ1v) is 4.97. The van der Waals surface area contributed by atoms with E-state index in [1.165, 1.54) is 0 Å². The number of hydrogen-bond acceptors (Lipinski definition) is 3. The van der Waals surface area contributed by atoms with Crippen LogP contribution in [0.2, 0.25) is 0 Å². The van der Waals surface area contributed by atoms with Gasteiger partial charge in [-0.25, -0.2) is 5.01 Å². The second-order valence-corrected chi connectivity index (χ2v) is 3.93. The summed E-state index contributed by atoms with van der Waals surface area (Å²) in [5.74, 6) is -0.214. The molecule has 1 aliphatic heterocycles. The number of carbonyl (C=O) groups is 2. The summed E-state index contributed by atoms with van der Waals surface area (Å²) in [4.78, 5) is 22.8. The Hall–Kier alpha value is -1.88. The van der Waals surface area contributed by atoms with Crippen LogP contribution in [0.3, 0.4) is 0 Å². The molecule has 0 aromatic heterocycles. The summed E-state index contributed by atoms with van der Waals surface area (Å²) in [6.45, 7) is 0. The minimum absolute atomic E-state index is 0.0276. The second kappa shape index (κ2) is 3.94. The van der Waals surface area contributed by atoms with Gasteiger partial charge in [0, 0.05) is 25.3 Å². The fourth-order valence-electron chi connectivity index (χ4n) is 1.62. The van der Waals surface area contributed by atoms with Crippen LogP contribution in [-0.4, -0.2) is 30.9 Å². The van der Waals surface area contributed by atoms with Crippen LogP contribution >= 0.6 is 0 Å². The van der Waals surface area contributed by atoms with Crippen molar-refractivity contribution in [3.63, 3.8) is 0 Å². The second-order valence-electron chi connectivity index (χ2n) is 3.93. The van der Waals surface area contributed by atoms with E-state index in [0.29, 0.717) is 12.0 Å². The molecule has 0 aliphatic carbocycles. The number of nitrogens with zero attached hydrogens (tertiary/aromatic N) is 1. The van der Waals surface area contributed by atoms with Crippen LogP contribution in [0.25, 0.3) is 0 Å². The summed E-state index contributed by atoms with van der Waals surface area (Å²) in [5.41, 5.74) is 4.85. The first-order valence-electron chi connectivity index (χ1n) is 4.97. The van der Waals surface area contributed by atoms with Crippen LogP contribution < -0.4 is 10.7 Å². The van der Waals surface area contributed by atoms with Crippen LogP contribution in [-0.2, 0) is 11.2 Å². The molecule has 0 saturated carbocycles. The maximum absolute atomic E-state index is 11.7. The van der Waals surface area contributed by atoms with Crippen molar-refractivity contribution in [2.75, 3.05) is 19.4 Å². The molecular weight excluding hydrogens is 206 g/mol. The van der Waals surface area contributed by atoms with E-state index in [-0.39, 0.29) is 11.8 Å². The molecule has 1 aromatic carbocycles. The van der Waals surface area contributed by atoms with E-state index in [0.717, 1.165) is 11.3 Å². The van der Waals surface area contributed by atoms with Crippen LogP contribution in [0.15, 0.2) is 18.2 Å². The molecule has 5 heteroatoms. The standard InChI is InChI=1S/C11H13N3O2/c1-14(2)13-11(16)8-4-3-7-6-10(15)12-9(7)5-8/h3-5H,6H2,1-2H3,(H,12,15)(H,13,16). The van der Waals surface area contributed by atoms with Crippen molar-refractivity contribution in [2.45, 2.75) is 6.42 Å². The van der Waals surface area contributed by atoms with E-state index < -0.39 is 0 Å². The van der Waals surface area contributed by atoms with Gasteiger partial charge in [-0.15, -0.1) is 0 Å². The van der Waals surface area contributed by atoms with Crippen molar-refractivity contribution in [1.29, 1.82) is 0 Å². The maximum atomic E-state index is 11.7. The van der Waals surface area contributed by atoms with Crippen LogP contribution in [0, 0.1) is 0 Å². The highest BCUT2D eigenvalue weighted by molar-refractivity contribution is 6.02. The molecule has 0 bridgehead atoms. The van der Waals surface area contributed by atoms with Crippen molar-refractivity contribution < 1.29 is 9.59 Å². The lowest BCUT2D eigenvalue weighted by Crippen LogP contribution is -2.36. The van der Waals surface area contributed by atoms with Crippen molar-refractivity contribution >= 4 is 17.5 Å². The molecule has 2 amide bonds. The van der Waals surface area contributed by atoms with Crippen LogP contribution in [0.1, 0.15) is 15.9 Å². The lowest BCUT2D eigenvalue weighted by molar-refractivity contribution is -0.115. The van der Waals surface area contributed by atoms with Gasteiger partial charge >= 0.3 is 0 Å². The van der Waals surface area contributed by atoms with E-state index in [4.69, 9.17) is 0 Å². The fourth-order valence-corrected chi connectivity index (χ4v) is 1.62. The molecule has 5 nitrogen and oxygen atoms in total. The number of fused-ring (bicyclic) bond motifs is 1. The Morgan fingerprint density at radius 1 is 1.44 bits per heavy atom. The van der Waals surface area contributed by atoms with Gasteiger partial charge in [-0.1, -0.05) is 6.07 Å². The fraction of sp³-hybridized carbons (Fsp3) is 0.273. The summed E-state index contributed by atoms with van der Waals surface area (Å²) in [7, 11) is 3.49. The summed E-state index contributed by atoms with van der Waals surface area (Å²) in [5, 5.41) is 4.29. The summed E-state index contributed by atoms with van der Waals surface area (Å²) in [6.07, 6.45) is 0.394. The first-order chi connectivity index (χ1) is 7.56. The zero-order valence-corrected chi connectivity index (χ0v) is 9.20. The van der Waals surface area contributed by atoms with Gasteiger partial charge in [0.2, 0.25) is 5.91 Å². The molecule has 1 heterocycles. The monoisotopic (exact) mass is 219 g/mol. The summed E-state index contributed by atoms with van der Waals surface area (Å²) >= 11 is 0. The van der Waals surface area contributed by atoms with Crippen molar-refractivity contribution in [1.82, 2.24) is 10.4 Å². The molecule has 1 aromatic rings. The first kappa shape index (κ1) is 10.6. The van der Waals surface area contributed by atoms with Gasteiger partial charge < -0.3 is 5.32 Å². The zero-order valence-electron chi connectivity index (χ0n) is 9.20.